The van der Waals surface area contributed by atoms with Crippen molar-refractivity contribution in [1.82, 2.24) is 15.2 Å². The molecule has 1 fully saturated rings. The van der Waals surface area contributed by atoms with Gasteiger partial charge in [0.05, 0.1) is 0 Å². The Labute approximate surface area is 148 Å². The normalized spacial score (nSPS) is 18.0. The molecular formula is C17H29N3OS2. The average molecular weight is 356 g/mol. The van der Waals surface area contributed by atoms with Crippen LogP contribution in [0.2, 0.25) is 0 Å². The molecule has 6 heteroatoms. The number of hydrogen-bond donors (Lipinski definition) is 1. The second-order valence-corrected chi connectivity index (χ2v) is 8.28. The fraction of sp³-hybridized carbons (Fsp3) is 0.765. The second kappa shape index (κ2) is 11.0. The van der Waals surface area contributed by atoms with Gasteiger partial charge in [0, 0.05) is 42.9 Å². The van der Waals surface area contributed by atoms with Crippen molar-refractivity contribution in [3.05, 3.63) is 11.6 Å². The van der Waals surface area contributed by atoms with E-state index in [9.17, 15) is 4.79 Å². The van der Waals surface area contributed by atoms with Crippen LogP contribution in [0.5, 0.6) is 0 Å². The second-order valence-electron chi connectivity index (χ2n) is 6.04. The Morgan fingerprint density at radius 1 is 1.39 bits per heavy atom. The number of unbranched alkanes of at least 4 members (excludes halogenated alkanes) is 4. The molecular weight excluding hydrogens is 326 g/mol. The first kappa shape index (κ1) is 18.7. The van der Waals surface area contributed by atoms with Gasteiger partial charge in [-0.1, -0.05) is 44.4 Å². The van der Waals surface area contributed by atoms with Crippen LogP contribution < -0.4 is 5.32 Å². The fourth-order valence-corrected chi connectivity index (χ4v) is 4.59. The summed E-state index contributed by atoms with van der Waals surface area (Å²) in [4.78, 5) is 18.4. The predicted molar refractivity (Wildman–Crippen MR) is 99.2 cm³/mol. The van der Waals surface area contributed by atoms with Crippen molar-refractivity contribution in [2.75, 3.05) is 25.4 Å². The lowest BCUT2D eigenvalue weighted by atomic mass is 10.1. The third-order valence-corrected chi connectivity index (χ3v) is 6.20. The van der Waals surface area contributed by atoms with Crippen LogP contribution in [-0.2, 0) is 4.79 Å². The number of nitrogens with one attached hydrogen (secondary N) is 1. The van der Waals surface area contributed by atoms with E-state index in [0.29, 0.717) is 18.4 Å². The minimum Gasteiger partial charge on any atom is -0.338 e. The van der Waals surface area contributed by atoms with Crippen molar-refractivity contribution in [2.24, 2.45) is 0 Å². The molecule has 4 nitrogen and oxygen atoms in total. The summed E-state index contributed by atoms with van der Waals surface area (Å²) in [5, 5.41) is 5.54. The SMILES string of the molecule is CCCCCCCNC[C@H]1CCC(=O)N1CCSc1nccs1. The largest absolute Gasteiger partial charge is 0.338 e. The first-order valence-corrected chi connectivity index (χ1v) is 10.7. The summed E-state index contributed by atoms with van der Waals surface area (Å²) in [7, 11) is 0. The Bertz CT molecular complexity index is 439. The summed E-state index contributed by atoms with van der Waals surface area (Å²) in [6, 6.07) is 0.384. The molecule has 1 aromatic rings. The first-order valence-electron chi connectivity index (χ1n) is 8.83. The molecule has 0 aliphatic carbocycles. The fourth-order valence-electron chi connectivity index (χ4n) is 2.95. The van der Waals surface area contributed by atoms with Gasteiger partial charge in [-0.25, -0.2) is 4.98 Å². The van der Waals surface area contributed by atoms with Crippen molar-refractivity contribution >= 4 is 29.0 Å². The molecule has 0 radical (unpaired) electrons. The zero-order valence-corrected chi connectivity index (χ0v) is 15.8. The third kappa shape index (κ3) is 6.81. The topological polar surface area (TPSA) is 45.2 Å². The van der Waals surface area contributed by atoms with Gasteiger partial charge < -0.3 is 10.2 Å². The van der Waals surface area contributed by atoms with E-state index in [-0.39, 0.29) is 0 Å². The van der Waals surface area contributed by atoms with Crippen LogP contribution in [0.1, 0.15) is 51.9 Å². The molecule has 0 spiro atoms. The molecule has 1 saturated heterocycles. The predicted octanol–water partition coefficient (Wildman–Crippen LogP) is 3.79. The van der Waals surface area contributed by atoms with E-state index >= 15 is 0 Å². The maximum Gasteiger partial charge on any atom is 0.222 e. The highest BCUT2D eigenvalue weighted by atomic mass is 32.2. The molecule has 0 unspecified atom stereocenters. The van der Waals surface area contributed by atoms with E-state index in [1.807, 2.05) is 11.6 Å². The molecule has 1 aliphatic heterocycles. The zero-order chi connectivity index (χ0) is 16.3. The van der Waals surface area contributed by atoms with Gasteiger partial charge in [0.15, 0.2) is 0 Å². The number of hydrogen-bond acceptors (Lipinski definition) is 5. The van der Waals surface area contributed by atoms with Gasteiger partial charge in [-0.05, 0) is 19.4 Å². The van der Waals surface area contributed by atoms with Crippen molar-refractivity contribution in [1.29, 1.82) is 0 Å². The number of nitrogens with zero attached hydrogens (tertiary/aromatic N) is 2. The number of carbonyl (C=O) groups is 1. The van der Waals surface area contributed by atoms with E-state index in [4.69, 9.17) is 0 Å². The summed E-state index contributed by atoms with van der Waals surface area (Å²) in [5.74, 6) is 1.26. The lowest BCUT2D eigenvalue weighted by Gasteiger charge is -2.25. The Balaban J connectivity index is 1.59. The summed E-state index contributed by atoms with van der Waals surface area (Å²) in [6.45, 7) is 5.11. The van der Waals surface area contributed by atoms with Crippen LogP contribution in [0, 0.1) is 0 Å². The highest BCUT2D eigenvalue weighted by molar-refractivity contribution is 8.01. The molecule has 1 aliphatic rings. The highest BCUT2D eigenvalue weighted by Gasteiger charge is 2.29. The van der Waals surface area contributed by atoms with E-state index in [0.717, 1.165) is 36.1 Å². The number of rotatable bonds is 12. The number of likely N-dealkylation sites (tertiary alicyclic amines) is 1. The Morgan fingerprint density at radius 2 is 2.26 bits per heavy atom. The maximum atomic E-state index is 12.1. The van der Waals surface area contributed by atoms with Crippen LogP contribution in [0.15, 0.2) is 15.9 Å². The molecule has 130 valence electrons. The van der Waals surface area contributed by atoms with Crippen LogP contribution in [0.25, 0.3) is 0 Å². The number of thiazole rings is 1. The average Bonchev–Trinajstić information content (AvgIpc) is 3.18. The van der Waals surface area contributed by atoms with Gasteiger partial charge in [0.2, 0.25) is 5.91 Å². The molecule has 0 saturated carbocycles. The lowest BCUT2D eigenvalue weighted by Crippen LogP contribution is -2.41. The molecule has 2 rings (SSSR count). The van der Waals surface area contributed by atoms with Gasteiger partial charge >= 0.3 is 0 Å². The summed E-state index contributed by atoms with van der Waals surface area (Å²) in [6.07, 6.45) is 10.1. The van der Waals surface area contributed by atoms with Crippen molar-refractivity contribution in [3.8, 4) is 0 Å². The number of amides is 1. The van der Waals surface area contributed by atoms with E-state index in [1.54, 1.807) is 23.1 Å². The Hall–Kier alpha value is -0.590. The molecule has 2 heterocycles. The monoisotopic (exact) mass is 355 g/mol. The van der Waals surface area contributed by atoms with Crippen LogP contribution in [0.4, 0.5) is 0 Å². The molecule has 0 bridgehead atoms. The summed E-state index contributed by atoms with van der Waals surface area (Å²) >= 11 is 3.42. The standard InChI is InChI=1S/C17H29N3OS2/c1-2-3-4-5-6-9-18-14-15-7-8-16(21)20(15)11-13-23-17-19-10-12-22-17/h10,12,15,18H,2-9,11,13-14H2,1H3/t15-/m1/s1. The van der Waals surface area contributed by atoms with Crippen LogP contribution in [-0.4, -0.2) is 47.2 Å². The quantitative estimate of drug-likeness (QED) is 0.458. The van der Waals surface area contributed by atoms with Crippen molar-refractivity contribution < 1.29 is 4.79 Å². The molecule has 1 N–H and O–H groups in total. The lowest BCUT2D eigenvalue weighted by molar-refractivity contribution is -0.128. The van der Waals surface area contributed by atoms with Gasteiger partial charge in [-0.2, -0.15) is 0 Å². The molecule has 1 aromatic heterocycles. The van der Waals surface area contributed by atoms with E-state index in [1.165, 1.54) is 32.1 Å². The van der Waals surface area contributed by atoms with Gasteiger partial charge in [-0.15, -0.1) is 11.3 Å². The molecule has 1 amide bonds. The van der Waals surface area contributed by atoms with Gasteiger partial charge in [-0.3, -0.25) is 4.79 Å². The highest BCUT2D eigenvalue weighted by Crippen LogP contribution is 2.23. The number of thioether (sulfide) groups is 1. The smallest absolute Gasteiger partial charge is 0.222 e. The number of aromatic nitrogens is 1. The van der Waals surface area contributed by atoms with E-state index < -0.39 is 0 Å². The minimum atomic E-state index is 0.319. The van der Waals surface area contributed by atoms with Crippen LogP contribution >= 0.6 is 23.1 Å². The molecule has 0 aromatic carbocycles. The summed E-state index contributed by atoms with van der Waals surface area (Å²) in [5.41, 5.74) is 0. The Kier molecular flexibility index (Phi) is 9.01. The van der Waals surface area contributed by atoms with Crippen molar-refractivity contribution in [2.45, 2.75) is 62.3 Å². The van der Waals surface area contributed by atoms with E-state index in [2.05, 4.69) is 22.1 Å². The van der Waals surface area contributed by atoms with Gasteiger partial charge in [0.25, 0.3) is 0 Å². The van der Waals surface area contributed by atoms with Gasteiger partial charge in [0.1, 0.15) is 4.34 Å². The molecule has 1 atom stereocenters. The number of carbonyl (C=O) groups excluding carboxylic acids is 1. The first-order chi connectivity index (χ1) is 11.3. The van der Waals surface area contributed by atoms with Crippen LogP contribution in [0.3, 0.4) is 0 Å². The minimum absolute atomic E-state index is 0.319. The third-order valence-electron chi connectivity index (χ3n) is 4.26. The maximum absolute atomic E-state index is 12.1. The Morgan fingerprint density at radius 3 is 3.04 bits per heavy atom. The summed E-state index contributed by atoms with van der Waals surface area (Å²) < 4.78 is 1.10. The zero-order valence-electron chi connectivity index (χ0n) is 14.1. The molecule has 23 heavy (non-hydrogen) atoms. The van der Waals surface area contributed by atoms with Crippen molar-refractivity contribution in [3.63, 3.8) is 0 Å².